The molecule has 4 nitrogen and oxygen atoms in total. The van der Waals surface area contributed by atoms with Gasteiger partial charge in [-0.2, -0.15) is 0 Å². The Morgan fingerprint density at radius 1 is 0.844 bits per heavy atom. The lowest BCUT2D eigenvalue weighted by atomic mass is 9.58. The molecule has 1 saturated carbocycles. The first kappa shape index (κ1) is 22.1. The number of hydrogen-bond donors (Lipinski definition) is 1. The minimum atomic E-state index is -1.61. The van der Waals surface area contributed by atoms with E-state index >= 15 is 0 Å². The number of carbonyl (C=O) groups is 3. The number of benzene rings is 3. The van der Waals surface area contributed by atoms with E-state index in [-0.39, 0.29) is 23.8 Å². The van der Waals surface area contributed by atoms with Crippen molar-refractivity contribution in [3.8, 4) is 0 Å². The zero-order valence-corrected chi connectivity index (χ0v) is 18.3. The largest absolute Gasteiger partial charge is 0.389 e. The van der Waals surface area contributed by atoms with Gasteiger partial charge in [0.2, 0.25) is 0 Å². The standard InChI is InChI=1S/C27H23ClO4/c1-27(32)16-21(29)23(25(30)18-8-4-2-5-9-18)22(17-12-14-20(28)15-13-17)24(27)26(31)19-10-6-3-7-11-19/h2-15,22-24,32H,16H2,1H3/t22-,23+,24+,27-/m0/s1. The van der Waals surface area contributed by atoms with Crippen LogP contribution in [0.4, 0.5) is 0 Å². The van der Waals surface area contributed by atoms with Crippen LogP contribution in [0.15, 0.2) is 84.9 Å². The quantitative estimate of drug-likeness (QED) is 0.435. The fourth-order valence-corrected chi connectivity index (χ4v) is 4.87. The van der Waals surface area contributed by atoms with Crippen LogP contribution in [0.2, 0.25) is 5.02 Å². The van der Waals surface area contributed by atoms with Crippen molar-refractivity contribution in [1.82, 2.24) is 0 Å². The van der Waals surface area contributed by atoms with Gasteiger partial charge in [-0.3, -0.25) is 14.4 Å². The van der Waals surface area contributed by atoms with Gasteiger partial charge in [-0.25, -0.2) is 0 Å². The third kappa shape index (κ3) is 4.16. The highest BCUT2D eigenvalue weighted by molar-refractivity contribution is 6.30. The smallest absolute Gasteiger partial charge is 0.173 e. The van der Waals surface area contributed by atoms with Gasteiger partial charge in [0, 0.05) is 28.5 Å². The zero-order valence-electron chi connectivity index (χ0n) is 17.6. The lowest BCUT2D eigenvalue weighted by Crippen LogP contribution is -2.54. The molecule has 4 atom stereocenters. The SMILES string of the molecule is C[C@]1(O)CC(=O)[C@@H](C(=O)c2ccccc2)[C@H](c2ccc(Cl)cc2)[C@@H]1C(=O)c1ccccc1. The van der Waals surface area contributed by atoms with Crippen LogP contribution >= 0.6 is 11.6 Å². The molecule has 162 valence electrons. The molecule has 0 heterocycles. The average molecular weight is 447 g/mol. The summed E-state index contributed by atoms with van der Waals surface area (Å²) in [6.07, 6.45) is -0.274. The first-order chi connectivity index (χ1) is 15.3. The fraction of sp³-hybridized carbons (Fsp3) is 0.222. The molecule has 0 saturated heterocycles. The van der Waals surface area contributed by atoms with Gasteiger partial charge in [0.15, 0.2) is 11.6 Å². The van der Waals surface area contributed by atoms with Crippen molar-refractivity contribution in [2.45, 2.75) is 24.9 Å². The van der Waals surface area contributed by atoms with E-state index in [0.29, 0.717) is 21.7 Å². The van der Waals surface area contributed by atoms with Crippen molar-refractivity contribution in [1.29, 1.82) is 0 Å². The molecule has 1 aliphatic rings. The van der Waals surface area contributed by atoms with Crippen molar-refractivity contribution in [2.24, 2.45) is 11.8 Å². The molecule has 1 fully saturated rings. The molecule has 0 spiro atoms. The molecule has 0 radical (unpaired) electrons. The van der Waals surface area contributed by atoms with Crippen molar-refractivity contribution >= 4 is 29.0 Å². The van der Waals surface area contributed by atoms with Gasteiger partial charge in [-0.15, -0.1) is 0 Å². The van der Waals surface area contributed by atoms with Gasteiger partial charge in [0.25, 0.3) is 0 Å². The van der Waals surface area contributed by atoms with Crippen LogP contribution in [0.3, 0.4) is 0 Å². The Morgan fingerprint density at radius 3 is 1.88 bits per heavy atom. The molecule has 1 aliphatic carbocycles. The highest BCUT2D eigenvalue weighted by atomic mass is 35.5. The second-order valence-corrected chi connectivity index (χ2v) is 8.93. The predicted octanol–water partition coefficient (Wildman–Crippen LogP) is 5.15. The first-order valence-electron chi connectivity index (χ1n) is 10.5. The third-order valence-electron chi connectivity index (χ3n) is 6.20. The highest BCUT2D eigenvalue weighted by Gasteiger charge is 2.55. The van der Waals surface area contributed by atoms with Crippen molar-refractivity contribution in [3.63, 3.8) is 0 Å². The zero-order chi connectivity index (χ0) is 22.9. The summed E-state index contributed by atoms with van der Waals surface area (Å²) in [4.78, 5) is 40.5. The summed E-state index contributed by atoms with van der Waals surface area (Å²) in [5.74, 6) is -3.92. The Bertz CT molecular complexity index is 1140. The highest BCUT2D eigenvalue weighted by Crippen LogP contribution is 2.48. The number of aliphatic hydroxyl groups is 1. The van der Waals surface area contributed by atoms with Crippen LogP contribution in [0.5, 0.6) is 0 Å². The molecule has 4 rings (SSSR count). The second kappa shape index (κ2) is 8.81. The number of hydrogen-bond acceptors (Lipinski definition) is 4. The van der Waals surface area contributed by atoms with Gasteiger partial charge < -0.3 is 5.11 Å². The first-order valence-corrected chi connectivity index (χ1v) is 10.9. The number of halogens is 1. The Labute approximate surface area is 191 Å². The Hall–Kier alpha value is -3.08. The van der Waals surface area contributed by atoms with Crippen LogP contribution in [0, 0.1) is 11.8 Å². The van der Waals surface area contributed by atoms with E-state index in [1.807, 2.05) is 0 Å². The van der Waals surface area contributed by atoms with Gasteiger partial charge in [0.1, 0.15) is 5.78 Å². The van der Waals surface area contributed by atoms with Crippen LogP contribution < -0.4 is 0 Å². The van der Waals surface area contributed by atoms with E-state index in [0.717, 1.165) is 0 Å². The molecule has 0 aliphatic heterocycles. The monoisotopic (exact) mass is 446 g/mol. The number of rotatable bonds is 5. The Balaban J connectivity index is 1.89. The van der Waals surface area contributed by atoms with Crippen molar-refractivity contribution in [2.75, 3.05) is 0 Å². The molecule has 3 aromatic carbocycles. The normalized spacial score (nSPS) is 25.3. The average Bonchev–Trinajstić information content (AvgIpc) is 2.79. The summed E-state index contributed by atoms with van der Waals surface area (Å²) in [6, 6.07) is 24.0. The molecule has 0 unspecified atom stereocenters. The van der Waals surface area contributed by atoms with E-state index in [4.69, 9.17) is 11.6 Å². The molecule has 0 bridgehead atoms. The predicted molar refractivity (Wildman–Crippen MR) is 123 cm³/mol. The molecule has 0 aromatic heterocycles. The summed E-state index contributed by atoms with van der Waals surface area (Å²) >= 11 is 6.07. The van der Waals surface area contributed by atoms with E-state index in [1.54, 1.807) is 84.9 Å². The molecule has 5 heteroatoms. The Kier molecular flexibility index (Phi) is 6.09. The van der Waals surface area contributed by atoms with E-state index in [9.17, 15) is 19.5 Å². The summed E-state index contributed by atoms with van der Waals surface area (Å²) in [5.41, 5.74) is -0.164. The van der Waals surface area contributed by atoms with Gasteiger partial charge in [-0.1, -0.05) is 84.4 Å². The van der Waals surface area contributed by atoms with Crippen molar-refractivity contribution in [3.05, 3.63) is 107 Å². The van der Waals surface area contributed by atoms with E-state index < -0.39 is 23.4 Å². The number of ketones is 3. The van der Waals surface area contributed by atoms with Gasteiger partial charge in [-0.05, 0) is 24.6 Å². The summed E-state index contributed by atoms with van der Waals surface area (Å²) in [6.45, 7) is 1.50. The maximum Gasteiger partial charge on any atom is 0.173 e. The van der Waals surface area contributed by atoms with E-state index in [1.165, 1.54) is 6.92 Å². The van der Waals surface area contributed by atoms with Crippen LogP contribution in [-0.4, -0.2) is 28.1 Å². The maximum atomic E-state index is 13.7. The maximum absolute atomic E-state index is 13.7. The Morgan fingerprint density at radius 2 is 1.34 bits per heavy atom. The lowest BCUT2D eigenvalue weighted by molar-refractivity contribution is -0.134. The van der Waals surface area contributed by atoms with E-state index in [2.05, 4.69) is 0 Å². The molecule has 32 heavy (non-hydrogen) atoms. The summed E-state index contributed by atoms with van der Waals surface area (Å²) in [5, 5.41) is 11.8. The molecular weight excluding hydrogens is 424 g/mol. The minimum absolute atomic E-state index is 0.274. The molecule has 0 amide bonds. The summed E-state index contributed by atoms with van der Waals surface area (Å²) < 4.78 is 0. The molecule has 1 N–H and O–H groups in total. The number of Topliss-reactive ketones (excluding diaryl/α,β-unsaturated/α-hetero) is 3. The van der Waals surface area contributed by atoms with Crippen molar-refractivity contribution < 1.29 is 19.5 Å². The topological polar surface area (TPSA) is 71.4 Å². The van der Waals surface area contributed by atoms with Crippen LogP contribution in [0.1, 0.15) is 45.5 Å². The summed E-state index contributed by atoms with van der Waals surface area (Å²) in [7, 11) is 0. The fourth-order valence-electron chi connectivity index (χ4n) is 4.74. The van der Waals surface area contributed by atoms with Gasteiger partial charge in [0.05, 0.1) is 17.4 Å². The number of carbonyl (C=O) groups excluding carboxylic acids is 3. The van der Waals surface area contributed by atoms with Crippen LogP contribution in [-0.2, 0) is 4.79 Å². The lowest BCUT2D eigenvalue weighted by Gasteiger charge is -2.45. The second-order valence-electron chi connectivity index (χ2n) is 8.49. The van der Waals surface area contributed by atoms with Crippen LogP contribution in [0.25, 0.3) is 0 Å². The minimum Gasteiger partial charge on any atom is -0.389 e. The third-order valence-corrected chi connectivity index (χ3v) is 6.46. The molecule has 3 aromatic rings. The molecular formula is C27H23ClO4. The van der Waals surface area contributed by atoms with Gasteiger partial charge >= 0.3 is 0 Å².